The van der Waals surface area contributed by atoms with E-state index in [0.29, 0.717) is 22.6 Å². The Morgan fingerprint density at radius 3 is 2.60 bits per heavy atom. The molecular weight excluding hydrogens is 278 g/mol. The van der Waals surface area contributed by atoms with Crippen LogP contribution in [0.3, 0.4) is 0 Å². The van der Waals surface area contributed by atoms with Crippen molar-refractivity contribution in [1.82, 2.24) is 9.88 Å². The molecule has 0 aliphatic heterocycles. The van der Waals surface area contributed by atoms with E-state index in [9.17, 15) is 8.42 Å². The molecule has 0 aliphatic carbocycles. The number of aromatic nitrogens is 1. The van der Waals surface area contributed by atoms with E-state index in [0.717, 1.165) is 5.56 Å². The van der Waals surface area contributed by atoms with Gasteiger partial charge in [0.15, 0.2) is 5.76 Å². The number of nitrogens with two attached hydrogens (primary N) is 1. The molecule has 6 nitrogen and oxygen atoms in total. The van der Waals surface area contributed by atoms with Crippen LogP contribution in [0.4, 0.5) is 5.69 Å². The Bertz CT molecular complexity index is 722. The van der Waals surface area contributed by atoms with E-state index in [4.69, 9.17) is 10.3 Å². The third kappa shape index (κ3) is 2.68. The molecule has 20 heavy (non-hydrogen) atoms. The number of rotatable bonds is 4. The number of nitrogens with zero attached hydrogens (tertiary/aromatic N) is 1. The smallest absolute Gasteiger partial charge is 0.241 e. The van der Waals surface area contributed by atoms with E-state index >= 15 is 0 Å². The number of benzene rings is 1. The number of aryl methyl sites for hydroxylation is 2. The lowest BCUT2D eigenvalue weighted by atomic mass is 10.1. The zero-order valence-electron chi connectivity index (χ0n) is 11.6. The van der Waals surface area contributed by atoms with Gasteiger partial charge in [0.05, 0.1) is 17.6 Å². The first-order valence-electron chi connectivity index (χ1n) is 6.08. The zero-order valence-corrected chi connectivity index (χ0v) is 12.4. The molecule has 0 saturated carbocycles. The monoisotopic (exact) mass is 295 g/mol. The molecule has 7 heteroatoms. The Morgan fingerprint density at radius 2 is 2.00 bits per heavy atom. The summed E-state index contributed by atoms with van der Waals surface area (Å²) in [5.74, 6) is 0.448. The topological polar surface area (TPSA) is 98.2 Å². The minimum absolute atomic E-state index is 0.0506. The molecule has 2 aromatic rings. The van der Waals surface area contributed by atoms with Gasteiger partial charge in [-0.3, -0.25) is 0 Å². The lowest BCUT2D eigenvalue weighted by Gasteiger charge is -2.15. The van der Waals surface area contributed by atoms with Crippen molar-refractivity contribution in [3.05, 3.63) is 40.8 Å². The van der Waals surface area contributed by atoms with Gasteiger partial charge in [-0.2, -0.15) is 0 Å². The van der Waals surface area contributed by atoms with Crippen LogP contribution < -0.4 is 10.5 Å². The minimum atomic E-state index is -3.65. The molecule has 3 N–H and O–H groups in total. The largest absolute Gasteiger partial charge is 0.398 e. The Labute approximate surface area is 118 Å². The molecular formula is C13H17N3O3S. The maximum atomic E-state index is 12.4. The Balaban J connectivity index is 2.37. The second-order valence-electron chi connectivity index (χ2n) is 4.68. The average Bonchev–Trinajstić information content (AvgIpc) is 2.86. The van der Waals surface area contributed by atoms with E-state index in [2.05, 4.69) is 9.88 Å². The summed E-state index contributed by atoms with van der Waals surface area (Å²) in [6.45, 7) is 5.36. The summed E-state index contributed by atoms with van der Waals surface area (Å²) >= 11 is 0. The maximum absolute atomic E-state index is 12.4. The van der Waals surface area contributed by atoms with Gasteiger partial charge in [0.1, 0.15) is 0 Å². The molecule has 108 valence electrons. The second kappa shape index (κ2) is 5.26. The first-order valence-corrected chi connectivity index (χ1v) is 7.56. The van der Waals surface area contributed by atoms with Crippen LogP contribution in [0.2, 0.25) is 0 Å². The van der Waals surface area contributed by atoms with Crippen LogP contribution in [0, 0.1) is 20.8 Å². The standard InChI is InChI=1S/C13H17N3O3S/c1-8-6-9(2)13(10(3)12(8)14)20(17,18)16-7-11-4-5-15-19-11/h4-6,16H,7,14H2,1-3H3. The van der Waals surface area contributed by atoms with E-state index in [1.807, 2.05) is 6.92 Å². The highest BCUT2D eigenvalue weighted by Gasteiger charge is 2.22. The SMILES string of the molecule is Cc1cc(C)c(S(=O)(=O)NCc2ccno2)c(C)c1N. The van der Waals surface area contributed by atoms with Crippen molar-refractivity contribution in [2.45, 2.75) is 32.2 Å². The molecule has 0 radical (unpaired) electrons. The summed E-state index contributed by atoms with van der Waals surface area (Å²) < 4.78 is 32.2. The number of sulfonamides is 1. The number of hydrogen-bond donors (Lipinski definition) is 2. The van der Waals surface area contributed by atoms with Crippen molar-refractivity contribution < 1.29 is 12.9 Å². The minimum Gasteiger partial charge on any atom is -0.398 e. The van der Waals surface area contributed by atoms with E-state index < -0.39 is 10.0 Å². The third-order valence-electron chi connectivity index (χ3n) is 3.16. The van der Waals surface area contributed by atoms with Crippen molar-refractivity contribution in [2.24, 2.45) is 0 Å². The van der Waals surface area contributed by atoms with E-state index in [1.54, 1.807) is 26.0 Å². The van der Waals surface area contributed by atoms with Crippen LogP contribution in [-0.4, -0.2) is 13.6 Å². The van der Waals surface area contributed by atoms with Gasteiger partial charge in [-0.25, -0.2) is 13.1 Å². The van der Waals surface area contributed by atoms with E-state index in [1.165, 1.54) is 6.20 Å². The Kier molecular flexibility index (Phi) is 3.82. The van der Waals surface area contributed by atoms with Crippen LogP contribution in [0.5, 0.6) is 0 Å². The molecule has 0 unspecified atom stereocenters. The molecule has 0 aliphatic rings. The highest BCUT2D eigenvalue weighted by atomic mass is 32.2. The molecule has 0 bridgehead atoms. The zero-order chi connectivity index (χ0) is 14.9. The van der Waals surface area contributed by atoms with Gasteiger partial charge in [-0.05, 0) is 37.5 Å². The molecule has 2 rings (SSSR count). The van der Waals surface area contributed by atoms with E-state index in [-0.39, 0.29) is 11.4 Å². The van der Waals surface area contributed by atoms with Crippen LogP contribution in [0.1, 0.15) is 22.5 Å². The van der Waals surface area contributed by atoms with Gasteiger partial charge in [0.25, 0.3) is 0 Å². The summed E-state index contributed by atoms with van der Waals surface area (Å²) in [4.78, 5) is 0.222. The quantitative estimate of drug-likeness (QED) is 0.836. The normalized spacial score (nSPS) is 11.8. The van der Waals surface area contributed by atoms with Crippen LogP contribution in [0.25, 0.3) is 0 Å². The summed E-state index contributed by atoms with van der Waals surface area (Å²) in [5.41, 5.74) is 8.51. The van der Waals surface area contributed by atoms with Crippen molar-refractivity contribution >= 4 is 15.7 Å². The van der Waals surface area contributed by atoms with Crippen molar-refractivity contribution in [3.8, 4) is 0 Å². The van der Waals surface area contributed by atoms with Crippen molar-refractivity contribution in [3.63, 3.8) is 0 Å². The van der Waals surface area contributed by atoms with Gasteiger partial charge in [0.2, 0.25) is 10.0 Å². The molecule has 0 atom stereocenters. The predicted octanol–water partition coefficient (Wildman–Crippen LogP) is 1.66. The number of nitrogens with one attached hydrogen (secondary N) is 1. The highest BCUT2D eigenvalue weighted by Crippen LogP contribution is 2.27. The number of anilines is 1. The van der Waals surface area contributed by atoms with Crippen LogP contribution in [0.15, 0.2) is 27.7 Å². The van der Waals surface area contributed by atoms with Crippen molar-refractivity contribution in [1.29, 1.82) is 0 Å². The lowest BCUT2D eigenvalue weighted by Crippen LogP contribution is -2.25. The fourth-order valence-corrected chi connectivity index (χ4v) is 3.64. The maximum Gasteiger partial charge on any atom is 0.241 e. The first-order chi connectivity index (χ1) is 9.33. The van der Waals surface area contributed by atoms with Gasteiger partial charge >= 0.3 is 0 Å². The predicted molar refractivity (Wildman–Crippen MR) is 75.6 cm³/mol. The average molecular weight is 295 g/mol. The van der Waals surface area contributed by atoms with Crippen molar-refractivity contribution in [2.75, 3.05) is 5.73 Å². The summed E-state index contributed by atoms with van der Waals surface area (Å²) in [5, 5.41) is 3.53. The Morgan fingerprint density at radius 1 is 1.30 bits per heavy atom. The van der Waals surface area contributed by atoms with Gasteiger partial charge < -0.3 is 10.3 Å². The van der Waals surface area contributed by atoms with Crippen LogP contribution >= 0.6 is 0 Å². The molecule has 0 spiro atoms. The fourth-order valence-electron chi connectivity index (χ4n) is 2.17. The second-order valence-corrected chi connectivity index (χ2v) is 6.39. The molecule has 0 saturated heterocycles. The highest BCUT2D eigenvalue weighted by molar-refractivity contribution is 7.89. The first kappa shape index (κ1) is 14.5. The summed E-state index contributed by atoms with van der Waals surface area (Å²) in [6.07, 6.45) is 1.46. The number of hydrogen-bond acceptors (Lipinski definition) is 5. The lowest BCUT2D eigenvalue weighted by molar-refractivity contribution is 0.380. The fraction of sp³-hybridized carbons (Fsp3) is 0.308. The molecule has 0 amide bonds. The van der Waals surface area contributed by atoms with Gasteiger partial charge in [-0.1, -0.05) is 11.2 Å². The molecule has 1 aromatic heterocycles. The van der Waals surface area contributed by atoms with Gasteiger partial charge in [-0.15, -0.1) is 0 Å². The molecule has 1 aromatic carbocycles. The van der Waals surface area contributed by atoms with Crippen LogP contribution in [-0.2, 0) is 16.6 Å². The summed E-state index contributed by atoms with van der Waals surface area (Å²) in [6, 6.07) is 3.37. The molecule has 0 fully saturated rings. The number of nitrogen functional groups attached to an aromatic ring is 1. The Hall–Kier alpha value is -1.86. The van der Waals surface area contributed by atoms with Gasteiger partial charge in [0, 0.05) is 11.8 Å². The molecule has 1 heterocycles. The third-order valence-corrected chi connectivity index (χ3v) is 4.85. The summed E-state index contributed by atoms with van der Waals surface area (Å²) in [7, 11) is -3.65.